The Morgan fingerprint density at radius 2 is 1.84 bits per heavy atom. The van der Waals surface area contributed by atoms with Gasteiger partial charge in [0.15, 0.2) is 11.5 Å². The van der Waals surface area contributed by atoms with Crippen molar-refractivity contribution in [2.45, 2.75) is 23.5 Å². The molecule has 0 radical (unpaired) electrons. The summed E-state index contributed by atoms with van der Waals surface area (Å²) in [6.45, 7) is 1.85. The Hall–Kier alpha value is -2.65. The van der Waals surface area contributed by atoms with Gasteiger partial charge in [0, 0.05) is 10.6 Å². The first-order chi connectivity index (χ1) is 12.1. The van der Waals surface area contributed by atoms with Crippen LogP contribution in [0.4, 0.5) is 5.69 Å². The topological polar surface area (TPSA) is 71.3 Å². The molecule has 25 heavy (non-hydrogen) atoms. The summed E-state index contributed by atoms with van der Waals surface area (Å²) < 4.78 is 10.5. The van der Waals surface area contributed by atoms with Crippen molar-refractivity contribution in [3.05, 3.63) is 48.0 Å². The van der Waals surface area contributed by atoms with E-state index in [1.807, 2.05) is 37.3 Å². The monoisotopic (exact) mass is 356 g/mol. The average Bonchev–Trinajstić information content (AvgIpc) is 2.63. The Balaban J connectivity index is 1.99. The molecule has 1 amide bonds. The summed E-state index contributed by atoms with van der Waals surface area (Å²) in [7, 11) is 3.17. The molecule has 2 rings (SSSR count). The number of nitrogens with zero attached hydrogens (tertiary/aromatic N) is 1. The van der Waals surface area contributed by atoms with Gasteiger partial charge in [0.1, 0.15) is 0 Å². The molecule has 2 aromatic rings. The highest BCUT2D eigenvalue weighted by Crippen LogP contribution is 2.33. The Bertz CT molecular complexity index is 769. The van der Waals surface area contributed by atoms with Crippen molar-refractivity contribution in [1.82, 2.24) is 0 Å². The molecule has 0 aromatic heterocycles. The maximum absolute atomic E-state index is 12.4. The Morgan fingerprint density at radius 1 is 1.16 bits per heavy atom. The van der Waals surface area contributed by atoms with Crippen molar-refractivity contribution in [2.24, 2.45) is 0 Å². The van der Waals surface area contributed by atoms with Crippen molar-refractivity contribution >= 4 is 23.4 Å². The number of nitrogens with one attached hydrogen (secondary N) is 1. The summed E-state index contributed by atoms with van der Waals surface area (Å²) in [6, 6.07) is 14.9. The molecule has 6 heteroatoms. The highest BCUT2D eigenvalue weighted by atomic mass is 32.2. The lowest BCUT2D eigenvalue weighted by atomic mass is 10.1. The molecule has 0 heterocycles. The number of carbonyl (C=O) groups excluding carboxylic acids is 1. The molecule has 1 N–H and O–H groups in total. The van der Waals surface area contributed by atoms with Gasteiger partial charge < -0.3 is 14.8 Å². The molecule has 0 saturated carbocycles. The van der Waals surface area contributed by atoms with Gasteiger partial charge in [-0.05, 0) is 42.8 Å². The summed E-state index contributed by atoms with van der Waals surface area (Å²) >= 11 is 1.44. The number of methoxy groups -OCH3 is 2. The lowest BCUT2D eigenvalue weighted by Gasteiger charge is -2.14. The van der Waals surface area contributed by atoms with E-state index >= 15 is 0 Å². The second kappa shape index (κ2) is 9.00. The van der Waals surface area contributed by atoms with Crippen LogP contribution in [0.25, 0.3) is 0 Å². The Morgan fingerprint density at radius 3 is 2.44 bits per heavy atom. The van der Waals surface area contributed by atoms with Crippen LogP contribution in [0.1, 0.15) is 12.5 Å². The zero-order valence-electron chi connectivity index (χ0n) is 14.4. The van der Waals surface area contributed by atoms with E-state index in [0.717, 1.165) is 10.5 Å². The molecule has 0 bridgehead atoms. The minimum Gasteiger partial charge on any atom is -0.493 e. The summed E-state index contributed by atoms with van der Waals surface area (Å²) in [4.78, 5) is 13.3. The number of amides is 1. The van der Waals surface area contributed by atoms with Gasteiger partial charge in [-0.2, -0.15) is 5.26 Å². The van der Waals surface area contributed by atoms with Crippen LogP contribution in [0.15, 0.2) is 47.4 Å². The van der Waals surface area contributed by atoms with Crippen molar-refractivity contribution < 1.29 is 14.3 Å². The van der Waals surface area contributed by atoms with Gasteiger partial charge in [-0.1, -0.05) is 12.1 Å². The maximum Gasteiger partial charge on any atom is 0.237 e. The van der Waals surface area contributed by atoms with Gasteiger partial charge in [0.25, 0.3) is 0 Å². The molecule has 0 aliphatic rings. The van der Waals surface area contributed by atoms with Crippen LogP contribution in [0.5, 0.6) is 11.5 Å². The lowest BCUT2D eigenvalue weighted by Crippen LogP contribution is -2.22. The molecule has 0 aliphatic heterocycles. The molecule has 130 valence electrons. The number of ether oxygens (including phenoxy) is 2. The minimum absolute atomic E-state index is 0.0900. The van der Waals surface area contributed by atoms with Gasteiger partial charge in [-0.25, -0.2) is 0 Å². The summed E-state index contributed by atoms with van der Waals surface area (Å²) in [5.74, 6) is 1.20. The Kier molecular flexibility index (Phi) is 6.72. The third kappa shape index (κ3) is 5.16. The molecular weight excluding hydrogens is 336 g/mol. The largest absolute Gasteiger partial charge is 0.493 e. The smallest absolute Gasteiger partial charge is 0.237 e. The van der Waals surface area contributed by atoms with E-state index in [1.54, 1.807) is 26.4 Å². The van der Waals surface area contributed by atoms with E-state index in [1.165, 1.54) is 11.8 Å². The average molecular weight is 356 g/mol. The van der Waals surface area contributed by atoms with Gasteiger partial charge in [-0.15, -0.1) is 11.8 Å². The fourth-order valence-electron chi connectivity index (χ4n) is 2.19. The molecule has 5 nitrogen and oxygen atoms in total. The van der Waals surface area contributed by atoms with Crippen molar-refractivity contribution in [3.8, 4) is 17.6 Å². The highest BCUT2D eigenvalue weighted by Gasteiger charge is 2.16. The number of hydrogen-bond donors (Lipinski definition) is 1. The first kappa shape index (κ1) is 18.7. The third-order valence-corrected chi connectivity index (χ3v) is 4.64. The van der Waals surface area contributed by atoms with Crippen LogP contribution in [-0.4, -0.2) is 25.4 Å². The number of anilines is 1. The first-order valence-corrected chi connectivity index (χ1v) is 8.60. The molecule has 0 aliphatic carbocycles. The van der Waals surface area contributed by atoms with E-state index in [9.17, 15) is 4.79 Å². The minimum atomic E-state index is -0.281. The first-order valence-electron chi connectivity index (χ1n) is 7.72. The number of rotatable bonds is 7. The fraction of sp³-hybridized carbons (Fsp3) is 0.263. The quantitative estimate of drug-likeness (QED) is 0.762. The van der Waals surface area contributed by atoms with Crippen LogP contribution in [0, 0.1) is 11.3 Å². The van der Waals surface area contributed by atoms with E-state index < -0.39 is 0 Å². The number of nitriles is 1. The summed E-state index contributed by atoms with van der Waals surface area (Å²) in [5.41, 5.74) is 1.64. The standard InChI is InChI=1S/C19H20N2O3S/c1-13(25-16-8-9-17(23-2)18(12-16)24-3)19(22)21-15-6-4-14(5-7-15)10-11-20/h4-9,12-13H,10H2,1-3H3,(H,21,22)/t13-/m1/s1. The van der Waals surface area contributed by atoms with Crippen LogP contribution < -0.4 is 14.8 Å². The second-order valence-corrected chi connectivity index (χ2v) is 6.71. The van der Waals surface area contributed by atoms with Crippen molar-refractivity contribution in [1.29, 1.82) is 5.26 Å². The number of carbonyl (C=O) groups is 1. The molecule has 2 aromatic carbocycles. The van der Waals surface area contributed by atoms with Gasteiger partial charge in [-0.3, -0.25) is 4.79 Å². The molecule has 0 unspecified atom stereocenters. The molecule has 0 spiro atoms. The zero-order valence-corrected chi connectivity index (χ0v) is 15.2. The summed E-state index contributed by atoms with van der Waals surface area (Å²) in [5, 5.41) is 11.3. The van der Waals surface area contributed by atoms with Crippen molar-refractivity contribution in [2.75, 3.05) is 19.5 Å². The van der Waals surface area contributed by atoms with Gasteiger partial charge in [0.2, 0.25) is 5.91 Å². The van der Waals surface area contributed by atoms with Gasteiger partial charge >= 0.3 is 0 Å². The SMILES string of the molecule is COc1ccc(S[C@H](C)C(=O)Nc2ccc(CC#N)cc2)cc1OC. The van der Waals surface area contributed by atoms with Crippen LogP contribution in [0.2, 0.25) is 0 Å². The molecule has 0 fully saturated rings. The predicted molar refractivity (Wildman–Crippen MR) is 99.3 cm³/mol. The maximum atomic E-state index is 12.4. The zero-order chi connectivity index (χ0) is 18.2. The summed E-state index contributed by atoms with van der Waals surface area (Å²) in [6.07, 6.45) is 0.361. The number of benzene rings is 2. The molecular formula is C19H20N2O3S. The fourth-order valence-corrected chi connectivity index (χ4v) is 3.08. The third-order valence-electron chi connectivity index (χ3n) is 3.54. The number of hydrogen-bond acceptors (Lipinski definition) is 5. The Labute approximate surface area is 151 Å². The van der Waals surface area contributed by atoms with E-state index in [-0.39, 0.29) is 11.2 Å². The molecule has 0 saturated heterocycles. The van der Waals surface area contributed by atoms with Crippen molar-refractivity contribution in [3.63, 3.8) is 0 Å². The van der Waals surface area contributed by atoms with E-state index in [2.05, 4.69) is 11.4 Å². The van der Waals surface area contributed by atoms with E-state index in [0.29, 0.717) is 23.6 Å². The lowest BCUT2D eigenvalue weighted by molar-refractivity contribution is -0.115. The van der Waals surface area contributed by atoms with E-state index in [4.69, 9.17) is 14.7 Å². The normalized spacial score (nSPS) is 11.3. The number of thioether (sulfide) groups is 1. The molecule has 1 atom stereocenters. The van der Waals surface area contributed by atoms with Crippen LogP contribution >= 0.6 is 11.8 Å². The van der Waals surface area contributed by atoms with Crippen LogP contribution in [0.3, 0.4) is 0 Å². The highest BCUT2D eigenvalue weighted by molar-refractivity contribution is 8.00. The van der Waals surface area contributed by atoms with Gasteiger partial charge in [0.05, 0.1) is 32.0 Å². The predicted octanol–water partition coefficient (Wildman–Crippen LogP) is 3.89. The second-order valence-electron chi connectivity index (χ2n) is 5.30. The van der Waals surface area contributed by atoms with Crippen LogP contribution in [-0.2, 0) is 11.2 Å².